The first kappa shape index (κ1) is 8.78. The van der Waals surface area contributed by atoms with Gasteiger partial charge in [-0.05, 0) is 12.5 Å². The number of benzene rings is 1. The number of methoxy groups -OCH3 is 1. The van der Waals surface area contributed by atoms with Crippen LogP contribution in [0.3, 0.4) is 0 Å². The molecule has 2 heteroatoms. The first-order chi connectivity index (χ1) is 5.75. The molecule has 0 aliphatic rings. The van der Waals surface area contributed by atoms with Crippen molar-refractivity contribution in [2.45, 2.75) is 12.8 Å². The molecule has 12 heavy (non-hydrogen) atoms. The van der Waals surface area contributed by atoms with Crippen molar-refractivity contribution < 1.29 is 9.53 Å². The highest BCUT2D eigenvalue weighted by Gasteiger charge is 2.14. The lowest BCUT2D eigenvalue weighted by molar-refractivity contribution is -0.141. The zero-order chi connectivity index (χ0) is 8.97. The van der Waals surface area contributed by atoms with Crippen LogP contribution in [0.15, 0.2) is 30.3 Å². The maximum Gasteiger partial charge on any atom is 0.312 e. The Labute approximate surface area is 72.2 Å². The lowest BCUT2D eigenvalue weighted by Gasteiger charge is -2.08. The standard InChI is InChI=1S/C10H12O2/c1-8(10(11)12-2)9-6-4-3-5-7-9/h3-8H,1-2H3/t8-/m0/s1. The number of ether oxygens (including phenoxy) is 1. The molecule has 1 atom stereocenters. The van der Waals surface area contributed by atoms with E-state index in [1.54, 1.807) is 0 Å². The molecule has 0 spiro atoms. The Hall–Kier alpha value is -1.31. The number of rotatable bonds is 2. The normalized spacial score (nSPS) is 12.2. The largest absolute Gasteiger partial charge is 0.469 e. The number of carbonyl (C=O) groups is 1. The van der Waals surface area contributed by atoms with Crippen LogP contribution in [-0.2, 0) is 9.53 Å². The van der Waals surface area contributed by atoms with Gasteiger partial charge in [-0.1, -0.05) is 30.3 Å². The van der Waals surface area contributed by atoms with Crippen molar-refractivity contribution in [2.75, 3.05) is 7.11 Å². The van der Waals surface area contributed by atoms with Gasteiger partial charge in [0.25, 0.3) is 0 Å². The Balaban J connectivity index is 2.78. The molecule has 0 aliphatic heterocycles. The summed E-state index contributed by atoms with van der Waals surface area (Å²) in [5.41, 5.74) is 0.990. The highest BCUT2D eigenvalue weighted by molar-refractivity contribution is 5.77. The third-order valence-electron chi connectivity index (χ3n) is 1.85. The molecule has 0 bridgehead atoms. The van der Waals surface area contributed by atoms with E-state index >= 15 is 0 Å². The molecule has 0 saturated carbocycles. The van der Waals surface area contributed by atoms with Crippen LogP contribution >= 0.6 is 0 Å². The van der Waals surface area contributed by atoms with Crippen LogP contribution in [0.2, 0.25) is 0 Å². The Morgan fingerprint density at radius 1 is 1.33 bits per heavy atom. The smallest absolute Gasteiger partial charge is 0.312 e. The topological polar surface area (TPSA) is 26.3 Å². The van der Waals surface area contributed by atoms with Crippen molar-refractivity contribution in [3.63, 3.8) is 0 Å². The van der Waals surface area contributed by atoms with E-state index in [-0.39, 0.29) is 11.9 Å². The van der Waals surface area contributed by atoms with Gasteiger partial charge in [0.15, 0.2) is 0 Å². The van der Waals surface area contributed by atoms with Gasteiger partial charge < -0.3 is 4.74 Å². The predicted octanol–water partition coefficient (Wildman–Crippen LogP) is 1.96. The van der Waals surface area contributed by atoms with E-state index in [1.807, 2.05) is 37.3 Å². The Morgan fingerprint density at radius 3 is 2.42 bits per heavy atom. The van der Waals surface area contributed by atoms with Crippen molar-refractivity contribution in [3.8, 4) is 0 Å². The van der Waals surface area contributed by atoms with Crippen LogP contribution in [-0.4, -0.2) is 13.1 Å². The summed E-state index contributed by atoms with van der Waals surface area (Å²) in [6.07, 6.45) is 0. The lowest BCUT2D eigenvalue weighted by atomic mass is 10.0. The molecule has 0 N–H and O–H groups in total. The van der Waals surface area contributed by atoms with E-state index in [1.165, 1.54) is 7.11 Å². The van der Waals surface area contributed by atoms with Crippen LogP contribution in [0.25, 0.3) is 0 Å². The number of esters is 1. The maximum atomic E-state index is 11.1. The lowest BCUT2D eigenvalue weighted by Crippen LogP contribution is -2.10. The molecule has 0 unspecified atom stereocenters. The van der Waals surface area contributed by atoms with E-state index in [9.17, 15) is 4.79 Å². The van der Waals surface area contributed by atoms with E-state index in [4.69, 9.17) is 0 Å². The summed E-state index contributed by atoms with van der Waals surface area (Å²) in [5.74, 6) is -0.364. The molecule has 0 heterocycles. The van der Waals surface area contributed by atoms with E-state index in [0.29, 0.717) is 0 Å². The summed E-state index contributed by atoms with van der Waals surface area (Å²) in [6, 6.07) is 9.58. The molecular weight excluding hydrogens is 152 g/mol. The summed E-state index contributed by atoms with van der Waals surface area (Å²) in [4.78, 5) is 11.1. The number of carbonyl (C=O) groups excluding carboxylic acids is 1. The SMILES string of the molecule is COC(=O)[C@@H](C)c1ccccc1. The third-order valence-corrected chi connectivity index (χ3v) is 1.85. The molecule has 0 aliphatic carbocycles. The van der Waals surface area contributed by atoms with Crippen molar-refractivity contribution in [2.24, 2.45) is 0 Å². The second-order valence-electron chi connectivity index (χ2n) is 2.66. The fourth-order valence-corrected chi connectivity index (χ4v) is 1.05. The van der Waals surface area contributed by atoms with E-state index in [2.05, 4.69) is 4.74 Å². The molecule has 0 saturated heterocycles. The molecule has 1 aromatic rings. The molecule has 0 amide bonds. The monoisotopic (exact) mass is 164 g/mol. The summed E-state index contributed by atoms with van der Waals surface area (Å²) in [6.45, 7) is 1.83. The van der Waals surface area contributed by atoms with Crippen LogP contribution in [0, 0.1) is 0 Å². The Morgan fingerprint density at radius 2 is 1.92 bits per heavy atom. The van der Waals surface area contributed by atoms with Crippen LogP contribution in [0.4, 0.5) is 0 Å². The first-order valence-electron chi connectivity index (χ1n) is 3.88. The highest BCUT2D eigenvalue weighted by Crippen LogP contribution is 2.15. The van der Waals surface area contributed by atoms with Crippen LogP contribution in [0.5, 0.6) is 0 Å². The Bertz CT molecular complexity index is 254. The quantitative estimate of drug-likeness (QED) is 0.624. The zero-order valence-electron chi connectivity index (χ0n) is 7.28. The minimum absolute atomic E-state index is 0.170. The van der Waals surface area contributed by atoms with Crippen molar-refractivity contribution >= 4 is 5.97 Å². The average molecular weight is 164 g/mol. The molecular formula is C10H12O2. The second kappa shape index (κ2) is 3.90. The Kier molecular flexibility index (Phi) is 2.86. The van der Waals surface area contributed by atoms with Crippen molar-refractivity contribution in [1.82, 2.24) is 0 Å². The van der Waals surface area contributed by atoms with Gasteiger partial charge in [0, 0.05) is 0 Å². The fourth-order valence-electron chi connectivity index (χ4n) is 1.05. The van der Waals surface area contributed by atoms with Gasteiger partial charge in [-0.15, -0.1) is 0 Å². The molecule has 2 nitrogen and oxygen atoms in total. The summed E-state index contributed by atoms with van der Waals surface area (Å²) in [7, 11) is 1.40. The molecule has 0 aromatic heterocycles. The summed E-state index contributed by atoms with van der Waals surface area (Å²) in [5, 5.41) is 0. The molecule has 0 fully saturated rings. The molecule has 0 radical (unpaired) electrons. The van der Waals surface area contributed by atoms with Gasteiger partial charge in [-0.25, -0.2) is 0 Å². The number of hydrogen-bond acceptors (Lipinski definition) is 2. The summed E-state index contributed by atoms with van der Waals surface area (Å²) >= 11 is 0. The van der Waals surface area contributed by atoms with E-state index in [0.717, 1.165) is 5.56 Å². The average Bonchev–Trinajstić information content (AvgIpc) is 2.17. The minimum Gasteiger partial charge on any atom is -0.469 e. The van der Waals surface area contributed by atoms with Gasteiger partial charge in [0.1, 0.15) is 0 Å². The van der Waals surface area contributed by atoms with Gasteiger partial charge in [0.05, 0.1) is 13.0 Å². The third kappa shape index (κ3) is 1.84. The molecule has 64 valence electrons. The van der Waals surface area contributed by atoms with Gasteiger partial charge in [-0.2, -0.15) is 0 Å². The molecule has 1 rings (SSSR count). The van der Waals surface area contributed by atoms with Crippen LogP contribution < -0.4 is 0 Å². The number of hydrogen-bond donors (Lipinski definition) is 0. The van der Waals surface area contributed by atoms with E-state index < -0.39 is 0 Å². The maximum absolute atomic E-state index is 11.1. The fraction of sp³-hybridized carbons (Fsp3) is 0.300. The predicted molar refractivity (Wildman–Crippen MR) is 46.9 cm³/mol. The minimum atomic E-state index is -0.193. The zero-order valence-corrected chi connectivity index (χ0v) is 7.28. The highest BCUT2D eigenvalue weighted by atomic mass is 16.5. The molecule has 1 aromatic carbocycles. The first-order valence-corrected chi connectivity index (χ1v) is 3.88. The summed E-state index contributed by atoms with van der Waals surface area (Å²) < 4.78 is 4.63. The van der Waals surface area contributed by atoms with Gasteiger partial charge in [0.2, 0.25) is 0 Å². The second-order valence-corrected chi connectivity index (χ2v) is 2.66. The van der Waals surface area contributed by atoms with Crippen LogP contribution in [0.1, 0.15) is 18.4 Å². The van der Waals surface area contributed by atoms with Crippen molar-refractivity contribution in [1.29, 1.82) is 0 Å². The van der Waals surface area contributed by atoms with Gasteiger partial charge >= 0.3 is 5.97 Å². The van der Waals surface area contributed by atoms with Crippen molar-refractivity contribution in [3.05, 3.63) is 35.9 Å². The van der Waals surface area contributed by atoms with Gasteiger partial charge in [-0.3, -0.25) is 4.79 Å².